The van der Waals surface area contributed by atoms with Crippen molar-refractivity contribution >= 4 is 29.6 Å². The van der Waals surface area contributed by atoms with Crippen LogP contribution in [-0.4, -0.2) is 58.9 Å². The van der Waals surface area contributed by atoms with Crippen molar-refractivity contribution < 1.29 is 29.1 Å². The lowest BCUT2D eigenvalue weighted by atomic mass is 9.96. The molecular weight excluding hydrogens is 382 g/mol. The third-order valence-electron chi connectivity index (χ3n) is 4.58. The maximum absolute atomic E-state index is 12.8. The molecule has 0 aliphatic carbocycles. The first-order valence-corrected chi connectivity index (χ1v) is 9.49. The molecule has 0 aromatic carbocycles. The van der Waals surface area contributed by atoms with Gasteiger partial charge in [0.1, 0.15) is 18.1 Å². The second kappa shape index (κ2) is 12.0. The molecule has 4 amide bonds. The molecule has 0 heterocycles. The van der Waals surface area contributed by atoms with Gasteiger partial charge in [0.25, 0.3) is 0 Å². The summed E-state index contributed by atoms with van der Waals surface area (Å²) in [7, 11) is 0. The van der Waals surface area contributed by atoms with Crippen LogP contribution in [0.25, 0.3) is 0 Å². The summed E-state index contributed by atoms with van der Waals surface area (Å²) >= 11 is 0. The number of nitrogens with two attached hydrogens (primary N) is 2. The van der Waals surface area contributed by atoms with E-state index in [4.69, 9.17) is 16.6 Å². The molecule has 0 rings (SSSR count). The van der Waals surface area contributed by atoms with E-state index in [2.05, 4.69) is 16.0 Å². The number of aliphatic carboxylic acids is 1. The zero-order valence-electron chi connectivity index (χ0n) is 17.5. The van der Waals surface area contributed by atoms with Crippen LogP contribution in [0, 0.1) is 11.8 Å². The molecule has 0 radical (unpaired) electrons. The first kappa shape index (κ1) is 26.3. The first-order valence-electron chi connectivity index (χ1n) is 9.49. The van der Waals surface area contributed by atoms with Gasteiger partial charge in [-0.2, -0.15) is 0 Å². The maximum atomic E-state index is 12.8. The van der Waals surface area contributed by atoms with Crippen molar-refractivity contribution in [2.75, 3.05) is 0 Å². The average molecular weight is 415 g/mol. The van der Waals surface area contributed by atoms with Crippen LogP contribution in [0.5, 0.6) is 0 Å². The van der Waals surface area contributed by atoms with Crippen LogP contribution >= 0.6 is 0 Å². The largest absolute Gasteiger partial charge is 0.480 e. The van der Waals surface area contributed by atoms with Crippen molar-refractivity contribution in [1.82, 2.24) is 16.0 Å². The highest BCUT2D eigenvalue weighted by molar-refractivity contribution is 5.96. The van der Waals surface area contributed by atoms with E-state index in [1.165, 1.54) is 6.92 Å². The maximum Gasteiger partial charge on any atom is 0.325 e. The predicted molar refractivity (Wildman–Crippen MR) is 105 cm³/mol. The number of primary amides is 1. The lowest BCUT2D eigenvalue weighted by molar-refractivity contribution is -0.142. The molecule has 11 heteroatoms. The van der Waals surface area contributed by atoms with Crippen molar-refractivity contribution in [2.24, 2.45) is 23.3 Å². The molecule has 0 bridgehead atoms. The Balaban J connectivity index is 5.45. The van der Waals surface area contributed by atoms with Crippen molar-refractivity contribution in [2.45, 2.75) is 71.6 Å². The van der Waals surface area contributed by atoms with Gasteiger partial charge in [0.15, 0.2) is 0 Å². The van der Waals surface area contributed by atoms with E-state index in [0.29, 0.717) is 6.42 Å². The van der Waals surface area contributed by atoms with Gasteiger partial charge in [0, 0.05) is 0 Å². The SMILES string of the molecule is CCC(C)C(NC(=O)C(N)C(C)C)C(=O)NC(CC(N)=O)C(=O)NC(C)C(=O)O. The summed E-state index contributed by atoms with van der Waals surface area (Å²) < 4.78 is 0. The molecule has 0 aliphatic rings. The highest BCUT2D eigenvalue weighted by Crippen LogP contribution is 2.10. The summed E-state index contributed by atoms with van der Waals surface area (Å²) in [6, 6.07) is -4.44. The topological polar surface area (TPSA) is 194 Å². The van der Waals surface area contributed by atoms with E-state index >= 15 is 0 Å². The Kier molecular flexibility index (Phi) is 10.9. The molecule has 0 aliphatic heterocycles. The van der Waals surface area contributed by atoms with Crippen molar-refractivity contribution in [3.8, 4) is 0 Å². The Labute approximate surface area is 170 Å². The second-order valence-electron chi connectivity index (χ2n) is 7.44. The third kappa shape index (κ3) is 8.90. The summed E-state index contributed by atoms with van der Waals surface area (Å²) in [5.41, 5.74) is 11.0. The number of carbonyl (C=O) groups excluding carboxylic acids is 4. The monoisotopic (exact) mass is 415 g/mol. The number of nitrogens with one attached hydrogen (secondary N) is 3. The van der Waals surface area contributed by atoms with Gasteiger partial charge >= 0.3 is 5.97 Å². The number of carboxylic acids is 1. The van der Waals surface area contributed by atoms with Gasteiger partial charge in [-0.3, -0.25) is 24.0 Å². The molecule has 0 saturated carbocycles. The molecule has 29 heavy (non-hydrogen) atoms. The van der Waals surface area contributed by atoms with Gasteiger partial charge < -0.3 is 32.5 Å². The molecule has 8 N–H and O–H groups in total. The van der Waals surface area contributed by atoms with E-state index in [1.54, 1.807) is 20.8 Å². The number of carboxylic acid groups (broad SMARTS) is 1. The minimum absolute atomic E-state index is 0.151. The van der Waals surface area contributed by atoms with Crippen LogP contribution < -0.4 is 27.4 Å². The fourth-order valence-corrected chi connectivity index (χ4v) is 2.30. The molecule has 11 nitrogen and oxygen atoms in total. The summed E-state index contributed by atoms with van der Waals surface area (Å²) in [6.07, 6.45) is 0.00854. The minimum Gasteiger partial charge on any atom is -0.480 e. The number of carbonyl (C=O) groups is 5. The summed E-state index contributed by atoms with van der Waals surface area (Å²) in [5, 5.41) is 16.1. The van der Waals surface area contributed by atoms with Gasteiger partial charge in [0.2, 0.25) is 23.6 Å². The second-order valence-corrected chi connectivity index (χ2v) is 7.44. The van der Waals surface area contributed by atoms with Crippen LogP contribution in [0.2, 0.25) is 0 Å². The zero-order valence-corrected chi connectivity index (χ0v) is 17.5. The average Bonchev–Trinajstić information content (AvgIpc) is 2.62. The highest BCUT2D eigenvalue weighted by Gasteiger charge is 2.32. The van der Waals surface area contributed by atoms with Gasteiger partial charge in [-0.25, -0.2) is 0 Å². The van der Waals surface area contributed by atoms with Crippen LogP contribution in [0.4, 0.5) is 0 Å². The molecule has 0 aromatic heterocycles. The Morgan fingerprint density at radius 2 is 1.45 bits per heavy atom. The van der Waals surface area contributed by atoms with Crippen LogP contribution in [0.3, 0.4) is 0 Å². The van der Waals surface area contributed by atoms with E-state index in [0.717, 1.165) is 0 Å². The summed E-state index contributed by atoms with van der Waals surface area (Å²) in [5.74, 6) is -4.69. The van der Waals surface area contributed by atoms with Crippen molar-refractivity contribution in [3.05, 3.63) is 0 Å². The Morgan fingerprint density at radius 1 is 0.897 bits per heavy atom. The highest BCUT2D eigenvalue weighted by atomic mass is 16.4. The van der Waals surface area contributed by atoms with Gasteiger partial charge in [-0.15, -0.1) is 0 Å². The van der Waals surface area contributed by atoms with Crippen LogP contribution in [-0.2, 0) is 24.0 Å². The molecule has 0 fully saturated rings. The van der Waals surface area contributed by atoms with Gasteiger partial charge in [0.05, 0.1) is 12.5 Å². The van der Waals surface area contributed by atoms with Crippen LogP contribution in [0.15, 0.2) is 0 Å². The van der Waals surface area contributed by atoms with E-state index in [9.17, 15) is 24.0 Å². The molecule has 0 aromatic rings. The predicted octanol–water partition coefficient (Wildman–Crippen LogP) is -1.55. The molecule has 5 unspecified atom stereocenters. The smallest absolute Gasteiger partial charge is 0.325 e. The van der Waals surface area contributed by atoms with E-state index in [1.807, 2.05) is 6.92 Å². The van der Waals surface area contributed by atoms with E-state index in [-0.39, 0.29) is 11.8 Å². The normalized spacial score (nSPS) is 16.1. The van der Waals surface area contributed by atoms with Gasteiger partial charge in [-0.05, 0) is 18.8 Å². The molecule has 5 atom stereocenters. The van der Waals surface area contributed by atoms with Gasteiger partial charge in [-0.1, -0.05) is 34.1 Å². The fraction of sp³-hybridized carbons (Fsp3) is 0.722. The molecule has 0 saturated heterocycles. The summed E-state index contributed by atoms with van der Waals surface area (Å²) in [6.45, 7) is 8.32. The lowest BCUT2D eigenvalue weighted by Crippen LogP contribution is -2.59. The molecule has 0 spiro atoms. The Bertz CT molecular complexity index is 624. The lowest BCUT2D eigenvalue weighted by Gasteiger charge is -2.28. The zero-order chi connectivity index (χ0) is 22.9. The van der Waals surface area contributed by atoms with E-state index < -0.39 is 60.2 Å². The molecular formula is C18H33N5O6. The number of hydrogen-bond acceptors (Lipinski definition) is 6. The van der Waals surface area contributed by atoms with Crippen LogP contribution in [0.1, 0.15) is 47.5 Å². The first-order chi connectivity index (χ1) is 13.3. The third-order valence-corrected chi connectivity index (χ3v) is 4.58. The van der Waals surface area contributed by atoms with Crippen molar-refractivity contribution in [3.63, 3.8) is 0 Å². The fourth-order valence-electron chi connectivity index (χ4n) is 2.30. The Hall–Kier alpha value is -2.69. The van der Waals surface area contributed by atoms with Crippen molar-refractivity contribution in [1.29, 1.82) is 0 Å². The number of hydrogen-bond donors (Lipinski definition) is 6. The minimum atomic E-state index is -1.39. The summed E-state index contributed by atoms with van der Waals surface area (Å²) in [4.78, 5) is 59.6. The quantitative estimate of drug-likeness (QED) is 0.222. The number of rotatable bonds is 12. The molecule has 166 valence electrons. The standard InChI is InChI=1S/C18H33N5O6/c1-6-9(4)14(23-16(26)13(20)8(2)3)17(27)22-11(7-12(19)24)15(25)21-10(5)18(28)29/h8-11,13-14H,6-7,20H2,1-5H3,(H2,19,24)(H,21,25)(H,22,27)(H,23,26)(H,28,29). The Morgan fingerprint density at radius 3 is 1.86 bits per heavy atom. The number of amides is 4.